The minimum Gasteiger partial charge on any atom is -0.491 e. The fraction of sp³-hybridized carbons (Fsp3) is 0.538. The molecule has 1 unspecified atom stereocenters. The molecule has 15 heavy (non-hydrogen) atoms. The van der Waals surface area contributed by atoms with E-state index in [0.717, 1.165) is 18.1 Å². The van der Waals surface area contributed by atoms with Gasteiger partial charge < -0.3 is 9.84 Å². The van der Waals surface area contributed by atoms with Crippen LogP contribution in [0.4, 0.5) is 0 Å². The lowest BCUT2D eigenvalue weighted by Crippen LogP contribution is -2.02. The molecule has 0 aliphatic heterocycles. The highest BCUT2D eigenvalue weighted by atomic mass is 16.5. The van der Waals surface area contributed by atoms with Crippen molar-refractivity contribution >= 4 is 0 Å². The molecule has 0 spiro atoms. The summed E-state index contributed by atoms with van der Waals surface area (Å²) in [6, 6.07) is 8.12. The molecule has 0 aliphatic rings. The van der Waals surface area contributed by atoms with Crippen molar-refractivity contribution in [2.24, 2.45) is 5.92 Å². The molecule has 0 saturated carbocycles. The molecular weight excluding hydrogens is 188 g/mol. The third-order valence-corrected chi connectivity index (χ3v) is 2.56. The second-order valence-electron chi connectivity index (χ2n) is 3.93. The molecule has 0 fully saturated rings. The lowest BCUT2D eigenvalue weighted by Gasteiger charge is -2.09. The predicted molar refractivity (Wildman–Crippen MR) is 62.2 cm³/mol. The van der Waals surface area contributed by atoms with Crippen molar-refractivity contribution in [1.82, 2.24) is 0 Å². The van der Waals surface area contributed by atoms with Crippen molar-refractivity contribution in [3.05, 3.63) is 29.8 Å². The number of hydrogen-bond acceptors (Lipinski definition) is 2. The van der Waals surface area contributed by atoms with Gasteiger partial charge in [0.1, 0.15) is 12.4 Å². The van der Waals surface area contributed by atoms with Crippen LogP contribution in [0.2, 0.25) is 0 Å². The molecule has 1 rings (SSSR count). The van der Waals surface area contributed by atoms with E-state index in [9.17, 15) is 0 Å². The van der Waals surface area contributed by atoms with E-state index < -0.39 is 0 Å². The molecule has 1 aromatic rings. The fourth-order valence-electron chi connectivity index (χ4n) is 1.43. The normalized spacial score (nSPS) is 12.5. The van der Waals surface area contributed by atoms with Crippen LogP contribution in [-0.4, -0.2) is 18.3 Å². The average molecular weight is 208 g/mol. The third kappa shape index (κ3) is 4.34. The zero-order chi connectivity index (χ0) is 11.1. The Morgan fingerprint density at radius 3 is 2.47 bits per heavy atom. The second kappa shape index (κ2) is 6.46. The second-order valence-corrected chi connectivity index (χ2v) is 3.93. The molecular formula is C13H20O2. The van der Waals surface area contributed by atoms with Crippen LogP contribution in [0.3, 0.4) is 0 Å². The van der Waals surface area contributed by atoms with Crippen molar-refractivity contribution in [3.63, 3.8) is 0 Å². The Balaban J connectivity index is 2.48. The molecule has 1 N–H and O–H groups in total. The average Bonchev–Trinajstić information content (AvgIpc) is 2.28. The number of aliphatic hydroxyl groups is 1. The summed E-state index contributed by atoms with van der Waals surface area (Å²) in [6.07, 6.45) is 2.33. The molecule has 0 saturated heterocycles. The van der Waals surface area contributed by atoms with Crippen molar-refractivity contribution in [1.29, 1.82) is 0 Å². The van der Waals surface area contributed by atoms with Gasteiger partial charge in [0, 0.05) is 0 Å². The quantitative estimate of drug-likeness (QED) is 0.778. The molecule has 1 atom stereocenters. The van der Waals surface area contributed by atoms with Gasteiger partial charge in [-0.1, -0.05) is 32.4 Å². The maximum absolute atomic E-state index is 8.61. The summed E-state index contributed by atoms with van der Waals surface area (Å²) in [7, 11) is 0. The van der Waals surface area contributed by atoms with Gasteiger partial charge in [0.15, 0.2) is 0 Å². The summed E-state index contributed by atoms with van der Waals surface area (Å²) in [6.45, 7) is 4.90. The molecule has 0 radical (unpaired) electrons. The van der Waals surface area contributed by atoms with Gasteiger partial charge in [0.05, 0.1) is 6.61 Å². The molecule has 0 bridgehead atoms. The van der Waals surface area contributed by atoms with Gasteiger partial charge in [-0.25, -0.2) is 0 Å². The minimum absolute atomic E-state index is 0.0641. The Morgan fingerprint density at radius 2 is 1.93 bits per heavy atom. The Kier molecular flexibility index (Phi) is 5.19. The van der Waals surface area contributed by atoms with Gasteiger partial charge in [0.25, 0.3) is 0 Å². The Morgan fingerprint density at radius 1 is 1.27 bits per heavy atom. The molecule has 2 heteroatoms. The van der Waals surface area contributed by atoms with E-state index in [-0.39, 0.29) is 6.61 Å². The first-order valence-electron chi connectivity index (χ1n) is 5.58. The monoisotopic (exact) mass is 208 g/mol. The Hall–Kier alpha value is -1.02. The Labute approximate surface area is 91.9 Å². The topological polar surface area (TPSA) is 29.5 Å². The number of aliphatic hydroxyl groups excluding tert-OH is 1. The number of rotatable bonds is 6. The zero-order valence-corrected chi connectivity index (χ0v) is 9.57. The van der Waals surface area contributed by atoms with Crippen molar-refractivity contribution in [3.8, 4) is 5.75 Å². The predicted octanol–water partition coefficient (Wildman–Crippen LogP) is 2.65. The number of ether oxygens (including phenoxy) is 1. The van der Waals surface area contributed by atoms with E-state index in [1.807, 2.05) is 12.1 Å². The van der Waals surface area contributed by atoms with Crippen LogP contribution in [0.25, 0.3) is 0 Å². The van der Waals surface area contributed by atoms with Crippen LogP contribution in [0.1, 0.15) is 25.8 Å². The maximum atomic E-state index is 8.61. The molecule has 0 aliphatic carbocycles. The van der Waals surface area contributed by atoms with E-state index in [1.54, 1.807) is 0 Å². The highest BCUT2D eigenvalue weighted by Gasteiger charge is 2.01. The van der Waals surface area contributed by atoms with Gasteiger partial charge >= 0.3 is 0 Å². The molecule has 0 aromatic heterocycles. The summed E-state index contributed by atoms with van der Waals surface area (Å²) in [5, 5.41) is 8.61. The first-order valence-corrected chi connectivity index (χ1v) is 5.58. The van der Waals surface area contributed by atoms with Crippen LogP contribution < -0.4 is 4.74 Å². The summed E-state index contributed by atoms with van der Waals surface area (Å²) in [4.78, 5) is 0. The number of hydrogen-bond donors (Lipinski definition) is 1. The van der Waals surface area contributed by atoms with Crippen molar-refractivity contribution < 1.29 is 9.84 Å². The number of benzene rings is 1. The SMILES string of the molecule is CCC(C)Cc1ccc(OCCO)cc1. The summed E-state index contributed by atoms with van der Waals surface area (Å²) >= 11 is 0. The highest BCUT2D eigenvalue weighted by Crippen LogP contribution is 2.16. The third-order valence-electron chi connectivity index (χ3n) is 2.56. The largest absolute Gasteiger partial charge is 0.491 e. The highest BCUT2D eigenvalue weighted by molar-refractivity contribution is 5.27. The molecule has 84 valence electrons. The first kappa shape index (κ1) is 12.1. The fourth-order valence-corrected chi connectivity index (χ4v) is 1.43. The summed E-state index contributed by atoms with van der Waals surface area (Å²) in [5.74, 6) is 1.56. The van der Waals surface area contributed by atoms with Gasteiger partial charge in [-0.15, -0.1) is 0 Å². The van der Waals surface area contributed by atoms with E-state index in [2.05, 4.69) is 26.0 Å². The molecule has 0 heterocycles. The summed E-state index contributed by atoms with van der Waals surface area (Å²) in [5.41, 5.74) is 1.35. The van der Waals surface area contributed by atoms with Crippen LogP contribution in [0.5, 0.6) is 5.75 Å². The lowest BCUT2D eigenvalue weighted by molar-refractivity contribution is 0.201. The van der Waals surface area contributed by atoms with Gasteiger partial charge in [0.2, 0.25) is 0 Å². The van der Waals surface area contributed by atoms with Crippen LogP contribution >= 0.6 is 0 Å². The van der Waals surface area contributed by atoms with Crippen LogP contribution in [-0.2, 0) is 6.42 Å². The van der Waals surface area contributed by atoms with E-state index >= 15 is 0 Å². The maximum Gasteiger partial charge on any atom is 0.119 e. The van der Waals surface area contributed by atoms with Crippen molar-refractivity contribution in [2.75, 3.05) is 13.2 Å². The van der Waals surface area contributed by atoms with Gasteiger partial charge in [-0.3, -0.25) is 0 Å². The minimum atomic E-state index is 0.0641. The molecule has 2 nitrogen and oxygen atoms in total. The molecule has 1 aromatic carbocycles. The molecule has 0 amide bonds. The van der Waals surface area contributed by atoms with E-state index in [4.69, 9.17) is 9.84 Å². The van der Waals surface area contributed by atoms with Crippen LogP contribution in [0.15, 0.2) is 24.3 Å². The van der Waals surface area contributed by atoms with E-state index in [1.165, 1.54) is 12.0 Å². The van der Waals surface area contributed by atoms with E-state index in [0.29, 0.717) is 6.61 Å². The Bertz CT molecular complexity index is 266. The van der Waals surface area contributed by atoms with Gasteiger partial charge in [-0.05, 0) is 30.0 Å². The lowest BCUT2D eigenvalue weighted by atomic mass is 9.99. The van der Waals surface area contributed by atoms with Crippen molar-refractivity contribution in [2.45, 2.75) is 26.7 Å². The summed E-state index contributed by atoms with van der Waals surface area (Å²) < 4.78 is 5.29. The smallest absolute Gasteiger partial charge is 0.119 e. The first-order chi connectivity index (χ1) is 7.26. The zero-order valence-electron chi connectivity index (χ0n) is 9.57. The van der Waals surface area contributed by atoms with Gasteiger partial charge in [-0.2, -0.15) is 0 Å². The standard InChI is InChI=1S/C13H20O2/c1-3-11(2)10-12-4-6-13(7-5-12)15-9-8-14/h4-7,11,14H,3,8-10H2,1-2H3. The van der Waals surface area contributed by atoms with Crippen LogP contribution in [0, 0.1) is 5.92 Å².